The summed E-state index contributed by atoms with van der Waals surface area (Å²) in [6.07, 6.45) is 3.48. The van der Waals surface area contributed by atoms with Crippen molar-refractivity contribution in [1.82, 2.24) is 9.97 Å². The minimum absolute atomic E-state index is 0.432. The van der Waals surface area contributed by atoms with Crippen LogP contribution < -0.4 is 16.6 Å². The van der Waals surface area contributed by atoms with Crippen LogP contribution in [0.1, 0.15) is 5.56 Å². The average molecular weight is 265 g/mol. The van der Waals surface area contributed by atoms with Gasteiger partial charge in [0.15, 0.2) is 5.82 Å². The highest BCUT2D eigenvalue weighted by atomic mass is 19.1. The van der Waals surface area contributed by atoms with Gasteiger partial charge in [0.1, 0.15) is 17.5 Å². The van der Waals surface area contributed by atoms with E-state index in [1.54, 1.807) is 0 Å². The molecule has 2 rings (SSSR count). The second-order valence-corrected chi connectivity index (χ2v) is 3.89. The summed E-state index contributed by atoms with van der Waals surface area (Å²) >= 11 is 0. The van der Waals surface area contributed by atoms with Crippen LogP contribution in [0.2, 0.25) is 0 Å². The van der Waals surface area contributed by atoms with Crippen LogP contribution in [0.3, 0.4) is 0 Å². The third-order valence-electron chi connectivity index (χ3n) is 2.42. The maximum absolute atomic E-state index is 13.0. The van der Waals surface area contributed by atoms with Gasteiger partial charge in [-0.05, 0) is 24.1 Å². The summed E-state index contributed by atoms with van der Waals surface area (Å²) < 4.78 is 25.9. The van der Waals surface area contributed by atoms with Crippen molar-refractivity contribution in [3.05, 3.63) is 47.8 Å². The lowest BCUT2D eigenvalue weighted by atomic mass is 10.1. The monoisotopic (exact) mass is 265 g/mol. The smallest absolute Gasteiger partial charge is 0.160 e. The van der Waals surface area contributed by atoms with Crippen LogP contribution in [0.4, 0.5) is 20.4 Å². The normalized spacial score (nSPS) is 10.3. The lowest BCUT2D eigenvalue weighted by Crippen LogP contribution is -2.11. The quantitative estimate of drug-likeness (QED) is 0.566. The van der Waals surface area contributed by atoms with E-state index in [0.717, 1.165) is 6.07 Å². The number of nitrogens with zero attached hydrogens (tertiary/aromatic N) is 2. The number of aromatic nitrogens is 2. The van der Waals surface area contributed by atoms with Crippen LogP contribution in [0.15, 0.2) is 30.6 Å². The molecule has 19 heavy (non-hydrogen) atoms. The number of hydrazine groups is 1. The summed E-state index contributed by atoms with van der Waals surface area (Å²) in [5, 5.41) is 2.99. The molecule has 0 unspecified atom stereocenters. The fourth-order valence-electron chi connectivity index (χ4n) is 1.61. The Bertz CT molecular complexity index is 541. The Labute approximate surface area is 108 Å². The van der Waals surface area contributed by atoms with E-state index in [2.05, 4.69) is 20.7 Å². The molecule has 2 aromatic rings. The van der Waals surface area contributed by atoms with Crippen LogP contribution in [-0.2, 0) is 6.42 Å². The largest absolute Gasteiger partial charge is 0.368 e. The zero-order valence-electron chi connectivity index (χ0n) is 10.0. The number of hydrogen-bond acceptors (Lipinski definition) is 5. The van der Waals surface area contributed by atoms with Crippen molar-refractivity contribution in [3.8, 4) is 0 Å². The molecule has 0 aliphatic heterocycles. The number of nitrogens with one attached hydrogen (secondary N) is 2. The molecule has 0 saturated heterocycles. The summed E-state index contributed by atoms with van der Waals surface area (Å²) in [4.78, 5) is 8.02. The molecule has 0 bridgehead atoms. The van der Waals surface area contributed by atoms with Crippen LogP contribution in [0.5, 0.6) is 0 Å². The summed E-state index contributed by atoms with van der Waals surface area (Å²) in [5.41, 5.74) is 2.95. The molecule has 0 amide bonds. The van der Waals surface area contributed by atoms with Crippen molar-refractivity contribution in [2.45, 2.75) is 6.42 Å². The van der Waals surface area contributed by atoms with E-state index in [0.29, 0.717) is 30.2 Å². The predicted molar refractivity (Wildman–Crippen MR) is 68.4 cm³/mol. The van der Waals surface area contributed by atoms with Gasteiger partial charge in [0.2, 0.25) is 0 Å². The zero-order valence-corrected chi connectivity index (χ0v) is 10.0. The van der Waals surface area contributed by atoms with E-state index in [-0.39, 0.29) is 0 Å². The number of halogens is 2. The molecule has 0 atom stereocenters. The Morgan fingerprint density at radius 3 is 2.42 bits per heavy atom. The Balaban J connectivity index is 1.92. The Kier molecular flexibility index (Phi) is 4.19. The molecule has 1 heterocycles. The molecule has 1 aromatic heterocycles. The average Bonchev–Trinajstić information content (AvgIpc) is 2.38. The van der Waals surface area contributed by atoms with E-state index in [1.807, 2.05) is 0 Å². The highest BCUT2D eigenvalue weighted by Gasteiger charge is 2.01. The van der Waals surface area contributed by atoms with E-state index < -0.39 is 11.6 Å². The molecule has 0 saturated carbocycles. The van der Waals surface area contributed by atoms with Gasteiger partial charge < -0.3 is 10.7 Å². The summed E-state index contributed by atoms with van der Waals surface area (Å²) in [5.74, 6) is 5.02. The molecule has 0 spiro atoms. The molecular weight excluding hydrogens is 252 g/mol. The van der Waals surface area contributed by atoms with Crippen molar-refractivity contribution in [2.24, 2.45) is 5.84 Å². The molecule has 0 fully saturated rings. The van der Waals surface area contributed by atoms with Gasteiger partial charge in [0, 0.05) is 12.6 Å². The molecule has 1 aromatic carbocycles. The fourth-order valence-corrected chi connectivity index (χ4v) is 1.61. The van der Waals surface area contributed by atoms with Gasteiger partial charge in [-0.15, -0.1) is 0 Å². The minimum atomic E-state index is -0.580. The fraction of sp³-hybridized carbons (Fsp3) is 0.167. The SMILES string of the molecule is NNc1cncc(NCCc2cc(F)cc(F)c2)n1. The molecule has 0 aliphatic carbocycles. The summed E-state index contributed by atoms with van der Waals surface area (Å²) in [7, 11) is 0. The van der Waals surface area contributed by atoms with Crippen molar-refractivity contribution in [2.75, 3.05) is 17.3 Å². The van der Waals surface area contributed by atoms with Gasteiger partial charge in [0.25, 0.3) is 0 Å². The van der Waals surface area contributed by atoms with Crippen molar-refractivity contribution in [1.29, 1.82) is 0 Å². The van der Waals surface area contributed by atoms with Gasteiger partial charge >= 0.3 is 0 Å². The second kappa shape index (κ2) is 6.05. The van der Waals surface area contributed by atoms with Gasteiger partial charge in [-0.3, -0.25) is 4.98 Å². The zero-order chi connectivity index (χ0) is 13.7. The minimum Gasteiger partial charge on any atom is -0.368 e. The van der Waals surface area contributed by atoms with E-state index in [4.69, 9.17) is 5.84 Å². The van der Waals surface area contributed by atoms with Crippen LogP contribution in [-0.4, -0.2) is 16.5 Å². The number of nitrogen functional groups attached to an aromatic ring is 1. The first-order valence-electron chi connectivity index (χ1n) is 5.65. The number of hydrogen-bond donors (Lipinski definition) is 3. The molecule has 4 N–H and O–H groups in total. The first-order valence-corrected chi connectivity index (χ1v) is 5.65. The van der Waals surface area contributed by atoms with E-state index in [1.165, 1.54) is 24.5 Å². The molecule has 5 nitrogen and oxygen atoms in total. The van der Waals surface area contributed by atoms with E-state index >= 15 is 0 Å². The molecule has 0 radical (unpaired) electrons. The highest BCUT2D eigenvalue weighted by Crippen LogP contribution is 2.09. The highest BCUT2D eigenvalue weighted by molar-refractivity contribution is 5.40. The predicted octanol–water partition coefficient (Wildman–Crippen LogP) is 1.70. The molecule has 7 heteroatoms. The van der Waals surface area contributed by atoms with Crippen molar-refractivity contribution >= 4 is 11.6 Å². The maximum Gasteiger partial charge on any atom is 0.160 e. The van der Waals surface area contributed by atoms with Gasteiger partial charge in [0.05, 0.1) is 12.4 Å². The van der Waals surface area contributed by atoms with E-state index in [9.17, 15) is 8.78 Å². The van der Waals surface area contributed by atoms with Gasteiger partial charge in [-0.1, -0.05) is 0 Å². The Hall–Kier alpha value is -2.28. The maximum atomic E-state index is 13.0. The van der Waals surface area contributed by atoms with Gasteiger partial charge in [-0.2, -0.15) is 0 Å². The third-order valence-corrected chi connectivity index (χ3v) is 2.42. The lowest BCUT2D eigenvalue weighted by molar-refractivity contribution is 0.580. The first kappa shape index (κ1) is 13.2. The standard InChI is InChI=1S/C12H13F2N5/c13-9-3-8(4-10(14)5-9)1-2-17-11-6-16-7-12(18-11)19-15/h3-7H,1-2,15H2,(H2,17,18,19). The van der Waals surface area contributed by atoms with Crippen LogP contribution in [0, 0.1) is 11.6 Å². The van der Waals surface area contributed by atoms with Gasteiger partial charge in [-0.25, -0.2) is 19.6 Å². The summed E-state index contributed by atoms with van der Waals surface area (Å²) in [6.45, 7) is 0.478. The third kappa shape index (κ3) is 3.85. The molecule has 100 valence electrons. The molecule has 0 aliphatic rings. The number of anilines is 2. The number of benzene rings is 1. The topological polar surface area (TPSA) is 75.9 Å². The number of nitrogens with two attached hydrogens (primary N) is 1. The Morgan fingerprint density at radius 1 is 1.05 bits per heavy atom. The summed E-state index contributed by atoms with van der Waals surface area (Å²) in [6, 6.07) is 3.45. The van der Waals surface area contributed by atoms with Crippen LogP contribution in [0.25, 0.3) is 0 Å². The number of rotatable bonds is 5. The second-order valence-electron chi connectivity index (χ2n) is 3.89. The lowest BCUT2D eigenvalue weighted by Gasteiger charge is -2.07. The van der Waals surface area contributed by atoms with Crippen molar-refractivity contribution in [3.63, 3.8) is 0 Å². The van der Waals surface area contributed by atoms with Crippen LogP contribution >= 0.6 is 0 Å². The Morgan fingerprint density at radius 2 is 1.74 bits per heavy atom. The first-order chi connectivity index (χ1) is 9.17. The van der Waals surface area contributed by atoms with Crippen molar-refractivity contribution < 1.29 is 8.78 Å². The molecular formula is C12H13F2N5.